The Morgan fingerprint density at radius 2 is 2.00 bits per heavy atom. The summed E-state index contributed by atoms with van der Waals surface area (Å²) in [5.74, 6) is -0.0677. The summed E-state index contributed by atoms with van der Waals surface area (Å²) in [6, 6.07) is 10.4. The number of hydrogen-bond acceptors (Lipinski definition) is 5. The molecule has 2 saturated heterocycles. The Morgan fingerprint density at radius 1 is 1.23 bits per heavy atom. The normalized spacial score (nSPS) is 24.6. The van der Waals surface area contributed by atoms with E-state index in [1.165, 1.54) is 0 Å². The third-order valence-corrected chi connectivity index (χ3v) is 5.28. The Kier molecular flexibility index (Phi) is 4.99. The van der Waals surface area contributed by atoms with Crippen molar-refractivity contribution in [1.82, 2.24) is 25.2 Å². The first-order chi connectivity index (χ1) is 12.7. The number of rotatable bonds is 3. The van der Waals surface area contributed by atoms with Crippen LogP contribution >= 0.6 is 0 Å². The van der Waals surface area contributed by atoms with Crippen molar-refractivity contribution >= 4 is 5.91 Å². The number of carbonyl (C=O) groups is 1. The first-order valence-corrected chi connectivity index (χ1v) is 9.32. The van der Waals surface area contributed by atoms with Crippen LogP contribution in [0.15, 0.2) is 36.5 Å². The fraction of sp³-hybridized carbons (Fsp3) is 0.526. The zero-order chi connectivity index (χ0) is 17.9. The van der Waals surface area contributed by atoms with Crippen molar-refractivity contribution < 1.29 is 9.53 Å². The largest absolute Gasteiger partial charge is 0.370 e. The summed E-state index contributed by atoms with van der Waals surface area (Å²) >= 11 is 0. The van der Waals surface area contributed by atoms with Crippen LogP contribution in [-0.4, -0.2) is 58.1 Å². The number of morpholine rings is 1. The highest BCUT2D eigenvalue weighted by Gasteiger charge is 2.32. The van der Waals surface area contributed by atoms with Gasteiger partial charge in [0.25, 0.3) is 5.91 Å². The van der Waals surface area contributed by atoms with Crippen molar-refractivity contribution in [3.8, 4) is 0 Å². The molecule has 1 amide bonds. The molecule has 138 valence electrons. The molecule has 2 fully saturated rings. The molecule has 2 unspecified atom stereocenters. The molecule has 1 N–H and O–H groups in total. The first-order valence-electron chi connectivity index (χ1n) is 9.32. The van der Waals surface area contributed by atoms with Gasteiger partial charge in [0.05, 0.1) is 31.4 Å². The maximum absolute atomic E-state index is 13.0. The minimum absolute atomic E-state index is 0.0199. The van der Waals surface area contributed by atoms with Gasteiger partial charge in [0, 0.05) is 0 Å². The smallest absolute Gasteiger partial charge is 0.276 e. The van der Waals surface area contributed by atoms with Crippen LogP contribution < -0.4 is 5.32 Å². The highest BCUT2D eigenvalue weighted by molar-refractivity contribution is 5.92. The van der Waals surface area contributed by atoms with E-state index in [1.807, 2.05) is 46.8 Å². The Labute approximate surface area is 153 Å². The highest BCUT2D eigenvalue weighted by Crippen LogP contribution is 2.26. The topological polar surface area (TPSA) is 72.3 Å². The summed E-state index contributed by atoms with van der Waals surface area (Å²) in [7, 11) is 0. The van der Waals surface area contributed by atoms with E-state index in [4.69, 9.17) is 4.74 Å². The highest BCUT2D eigenvalue weighted by atomic mass is 16.5. The lowest BCUT2D eigenvalue weighted by Gasteiger charge is -2.37. The van der Waals surface area contributed by atoms with Gasteiger partial charge in [-0.25, -0.2) is 4.68 Å². The summed E-state index contributed by atoms with van der Waals surface area (Å²) in [5, 5.41) is 11.7. The van der Waals surface area contributed by atoms with Gasteiger partial charge in [-0.3, -0.25) is 4.79 Å². The van der Waals surface area contributed by atoms with Gasteiger partial charge in [-0.2, -0.15) is 0 Å². The standard InChI is InChI=1S/C19H25N5O2/c1-14-13-26-18(15-5-3-2-4-6-15)12-23(14)19(25)17-11-24(22-21-17)16-7-9-20-10-8-16/h2-6,11,14,16,18,20H,7-10,12-13H2,1H3. The van der Waals surface area contributed by atoms with Gasteiger partial charge in [0.1, 0.15) is 6.10 Å². The molecule has 1 aromatic carbocycles. The number of nitrogens with zero attached hydrogens (tertiary/aromatic N) is 4. The molecule has 0 aliphatic carbocycles. The fourth-order valence-corrected chi connectivity index (χ4v) is 3.68. The Bertz CT molecular complexity index is 741. The predicted octanol–water partition coefficient (Wildman–Crippen LogP) is 1.80. The molecule has 4 rings (SSSR count). The predicted molar refractivity (Wildman–Crippen MR) is 96.8 cm³/mol. The van der Waals surface area contributed by atoms with Crippen molar-refractivity contribution in [3.05, 3.63) is 47.8 Å². The van der Waals surface area contributed by atoms with E-state index in [9.17, 15) is 4.79 Å². The minimum atomic E-state index is -0.101. The quantitative estimate of drug-likeness (QED) is 0.909. The zero-order valence-corrected chi connectivity index (χ0v) is 15.0. The molecule has 7 heteroatoms. The molecule has 26 heavy (non-hydrogen) atoms. The number of aromatic nitrogens is 3. The second-order valence-electron chi connectivity index (χ2n) is 7.10. The molecule has 0 saturated carbocycles. The summed E-state index contributed by atoms with van der Waals surface area (Å²) in [6.07, 6.45) is 3.73. The van der Waals surface area contributed by atoms with Gasteiger partial charge >= 0.3 is 0 Å². The second kappa shape index (κ2) is 7.55. The summed E-state index contributed by atoms with van der Waals surface area (Å²) in [4.78, 5) is 14.9. The van der Waals surface area contributed by atoms with Crippen LogP contribution in [-0.2, 0) is 4.74 Å². The van der Waals surface area contributed by atoms with E-state index in [0.29, 0.717) is 24.9 Å². The maximum atomic E-state index is 13.0. The van der Waals surface area contributed by atoms with E-state index in [1.54, 1.807) is 6.20 Å². The molecular formula is C19H25N5O2. The van der Waals surface area contributed by atoms with Crippen molar-refractivity contribution in [2.75, 3.05) is 26.2 Å². The van der Waals surface area contributed by atoms with E-state index >= 15 is 0 Å². The molecular weight excluding hydrogens is 330 g/mol. The van der Waals surface area contributed by atoms with E-state index in [-0.39, 0.29) is 18.1 Å². The lowest BCUT2D eigenvalue weighted by atomic mass is 10.1. The SMILES string of the molecule is CC1COC(c2ccccc2)CN1C(=O)c1cn(C2CCNCC2)nn1. The van der Waals surface area contributed by atoms with Crippen LogP contribution in [0.2, 0.25) is 0 Å². The van der Waals surface area contributed by atoms with Crippen molar-refractivity contribution in [2.24, 2.45) is 0 Å². The van der Waals surface area contributed by atoms with E-state index < -0.39 is 0 Å². The zero-order valence-electron chi connectivity index (χ0n) is 15.0. The lowest BCUT2D eigenvalue weighted by molar-refractivity contribution is -0.0488. The molecule has 0 bridgehead atoms. The summed E-state index contributed by atoms with van der Waals surface area (Å²) in [5.41, 5.74) is 1.51. The molecule has 2 atom stereocenters. The van der Waals surface area contributed by atoms with Gasteiger partial charge in [0.15, 0.2) is 5.69 Å². The molecule has 3 heterocycles. The average molecular weight is 355 g/mol. The van der Waals surface area contributed by atoms with Crippen molar-refractivity contribution in [3.63, 3.8) is 0 Å². The van der Waals surface area contributed by atoms with Gasteiger partial charge in [0.2, 0.25) is 0 Å². The number of piperidine rings is 1. The number of benzene rings is 1. The number of carbonyl (C=O) groups excluding carboxylic acids is 1. The third-order valence-electron chi connectivity index (χ3n) is 5.28. The molecule has 0 radical (unpaired) electrons. The minimum Gasteiger partial charge on any atom is -0.370 e. The number of hydrogen-bond donors (Lipinski definition) is 1. The Morgan fingerprint density at radius 3 is 2.77 bits per heavy atom. The lowest BCUT2D eigenvalue weighted by Crippen LogP contribution is -2.48. The van der Waals surface area contributed by atoms with Crippen LogP contribution in [0, 0.1) is 0 Å². The van der Waals surface area contributed by atoms with E-state index in [2.05, 4.69) is 15.6 Å². The van der Waals surface area contributed by atoms with Gasteiger partial charge in [-0.1, -0.05) is 35.5 Å². The second-order valence-corrected chi connectivity index (χ2v) is 7.10. The molecule has 2 aliphatic rings. The van der Waals surface area contributed by atoms with Crippen LogP contribution in [0.25, 0.3) is 0 Å². The number of amides is 1. The molecule has 0 spiro atoms. The van der Waals surface area contributed by atoms with Gasteiger partial charge in [-0.15, -0.1) is 5.10 Å². The van der Waals surface area contributed by atoms with Crippen LogP contribution in [0.5, 0.6) is 0 Å². The van der Waals surface area contributed by atoms with Crippen LogP contribution in [0.4, 0.5) is 0 Å². The third kappa shape index (κ3) is 3.50. The van der Waals surface area contributed by atoms with Gasteiger partial charge in [-0.05, 0) is 38.4 Å². The molecule has 2 aromatic rings. The number of ether oxygens (including phenoxy) is 1. The maximum Gasteiger partial charge on any atom is 0.276 e. The first kappa shape index (κ1) is 17.2. The molecule has 1 aromatic heterocycles. The monoisotopic (exact) mass is 355 g/mol. The fourth-order valence-electron chi connectivity index (χ4n) is 3.68. The van der Waals surface area contributed by atoms with Gasteiger partial charge < -0.3 is 15.0 Å². The number of nitrogens with one attached hydrogen (secondary N) is 1. The average Bonchev–Trinajstić information content (AvgIpc) is 3.19. The van der Waals surface area contributed by atoms with Crippen LogP contribution in [0.3, 0.4) is 0 Å². The Balaban J connectivity index is 1.48. The summed E-state index contributed by atoms with van der Waals surface area (Å²) < 4.78 is 7.81. The van der Waals surface area contributed by atoms with Crippen molar-refractivity contribution in [2.45, 2.75) is 38.0 Å². The van der Waals surface area contributed by atoms with E-state index in [0.717, 1.165) is 31.5 Å². The van der Waals surface area contributed by atoms with Crippen LogP contribution in [0.1, 0.15) is 48.0 Å². The molecule has 2 aliphatic heterocycles. The van der Waals surface area contributed by atoms with Crippen molar-refractivity contribution in [1.29, 1.82) is 0 Å². The Hall–Kier alpha value is -2.25. The molecule has 7 nitrogen and oxygen atoms in total. The summed E-state index contributed by atoms with van der Waals surface area (Å²) in [6.45, 7) is 5.02.